The van der Waals surface area contributed by atoms with E-state index in [-0.39, 0.29) is 11.5 Å². The predicted molar refractivity (Wildman–Crippen MR) is 69.3 cm³/mol. The summed E-state index contributed by atoms with van der Waals surface area (Å²) in [5.74, 6) is -0.128. The van der Waals surface area contributed by atoms with Crippen molar-refractivity contribution in [1.29, 1.82) is 0 Å². The average molecular weight is 245 g/mol. The number of benzene rings is 1. The van der Waals surface area contributed by atoms with Crippen LogP contribution < -0.4 is 4.74 Å². The number of nitrogens with zero attached hydrogens (tertiary/aromatic N) is 1. The number of aromatic carboxylic acids is 1. The highest BCUT2D eigenvalue weighted by Gasteiger charge is 2.14. The van der Waals surface area contributed by atoms with E-state index in [1.165, 1.54) is 0 Å². The smallest absolute Gasteiger partial charge is 0.336 e. The van der Waals surface area contributed by atoms with Crippen LogP contribution in [0, 0.1) is 0 Å². The molecule has 94 valence electrons. The Morgan fingerprint density at radius 3 is 2.61 bits per heavy atom. The van der Waals surface area contributed by atoms with Crippen molar-refractivity contribution in [3.63, 3.8) is 0 Å². The Kier molecular flexibility index (Phi) is 3.19. The van der Waals surface area contributed by atoms with Gasteiger partial charge < -0.3 is 9.84 Å². The molecule has 0 fully saturated rings. The number of hydrogen-bond donors (Lipinski definition) is 1. The van der Waals surface area contributed by atoms with E-state index in [1.807, 2.05) is 13.8 Å². The number of hydrogen-bond acceptors (Lipinski definition) is 3. The number of methoxy groups -OCH3 is 1. The summed E-state index contributed by atoms with van der Waals surface area (Å²) >= 11 is 0. The molecule has 18 heavy (non-hydrogen) atoms. The van der Waals surface area contributed by atoms with Gasteiger partial charge in [-0.3, -0.25) is 4.98 Å². The van der Waals surface area contributed by atoms with Crippen molar-refractivity contribution >= 4 is 16.9 Å². The molecule has 1 heterocycles. The number of rotatable bonds is 3. The van der Waals surface area contributed by atoms with Gasteiger partial charge in [-0.05, 0) is 30.2 Å². The number of fused-ring (bicyclic) bond motifs is 1. The van der Waals surface area contributed by atoms with E-state index >= 15 is 0 Å². The van der Waals surface area contributed by atoms with Crippen molar-refractivity contribution in [2.75, 3.05) is 7.11 Å². The quantitative estimate of drug-likeness (QED) is 0.902. The molecule has 1 aromatic carbocycles. The normalized spacial score (nSPS) is 10.9. The van der Waals surface area contributed by atoms with E-state index in [4.69, 9.17) is 4.74 Å². The fourth-order valence-corrected chi connectivity index (χ4v) is 1.83. The third kappa shape index (κ3) is 2.14. The minimum absolute atomic E-state index is 0.189. The van der Waals surface area contributed by atoms with Crippen molar-refractivity contribution in [3.8, 4) is 5.75 Å². The molecule has 0 atom stereocenters. The monoisotopic (exact) mass is 245 g/mol. The molecule has 1 N–H and O–H groups in total. The molecule has 4 heteroatoms. The van der Waals surface area contributed by atoms with E-state index in [9.17, 15) is 9.90 Å². The third-order valence-electron chi connectivity index (χ3n) is 2.86. The number of carboxylic acids is 1. The van der Waals surface area contributed by atoms with Crippen molar-refractivity contribution in [2.45, 2.75) is 19.8 Å². The molecule has 1 aromatic heterocycles. The first-order chi connectivity index (χ1) is 8.52. The van der Waals surface area contributed by atoms with Crippen LogP contribution in [-0.2, 0) is 0 Å². The second kappa shape index (κ2) is 4.64. The summed E-state index contributed by atoms with van der Waals surface area (Å²) in [6, 6.07) is 6.90. The number of pyridine rings is 1. The molecule has 0 radical (unpaired) electrons. The van der Waals surface area contributed by atoms with E-state index in [0.717, 1.165) is 5.69 Å². The molecule has 2 aromatic rings. The number of carbonyl (C=O) groups is 1. The first-order valence-electron chi connectivity index (χ1n) is 5.75. The van der Waals surface area contributed by atoms with Gasteiger partial charge in [0, 0.05) is 11.1 Å². The molecule has 0 aliphatic heterocycles. The zero-order valence-corrected chi connectivity index (χ0v) is 10.6. The van der Waals surface area contributed by atoms with Crippen molar-refractivity contribution in [2.24, 2.45) is 0 Å². The lowest BCUT2D eigenvalue weighted by Gasteiger charge is -2.10. The topological polar surface area (TPSA) is 59.4 Å². The van der Waals surface area contributed by atoms with Crippen LogP contribution in [0.2, 0.25) is 0 Å². The Hall–Kier alpha value is -2.10. The third-order valence-corrected chi connectivity index (χ3v) is 2.86. The largest absolute Gasteiger partial charge is 0.497 e. The maximum atomic E-state index is 11.3. The van der Waals surface area contributed by atoms with Gasteiger partial charge in [0.2, 0.25) is 0 Å². The lowest BCUT2D eigenvalue weighted by Crippen LogP contribution is -2.03. The second-order valence-corrected chi connectivity index (χ2v) is 4.44. The van der Waals surface area contributed by atoms with E-state index < -0.39 is 5.97 Å². The maximum Gasteiger partial charge on any atom is 0.336 e. The molecule has 0 spiro atoms. The molecule has 0 bridgehead atoms. The highest BCUT2D eigenvalue weighted by Crippen LogP contribution is 2.26. The van der Waals surface area contributed by atoms with Gasteiger partial charge in [-0.15, -0.1) is 0 Å². The van der Waals surface area contributed by atoms with Crippen molar-refractivity contribution < 1.29 is 14.6 Å². The SMILES string of the molecule is COc1ccc2nc(C(C)C)cc(C(=O)O)c2c1. The Morgan fingerprint density at radius 2 is 2.06 bits per heavy atom. The van der Waals surface area contributed by atoms with Gasteiger partial charge in [-0.2, -0.15) is 0 Å². The Balaban J connectivity index is 2.77. The fourth-order valence-electron chi connectivity index (χ4n) is 1.83. The highest BCUT2D eigenvalue weighted by molar-refractivity contribution is 6.03. The average Bonchev–Trinajstić information content (AvgIpc) is 2.36. The first kappa shape index (κ1) is 12.4. The van der Waals surface area contributed by atoms with Crippen LogP contribution in [0.3, 0.4) is 0 Å². The molecule has 0 unspecified atom stereocenters. The summed E-state index contributed by atoms with van der Waals surface area (Å²) in [5, 5.41) is 9.89. The van der Waals surface area contributed by atoms with E-state index in [2.05, 4.69) is 4.98 Å². The summed E-state index contributed by atoms with van der Waals surface area (Å²) < 4.78 is 5.11. The van der Waals surface area contributed by atoms with Crippen LogP contribution in [0.4, 0.5) is 0 Å². The summed E-state index contributed by atoms with van der Waals surface area (Å²) in [6.07, 6.45) is 0. The van der Waals surface area contributed by atoms with Gasteiger partial charge in [0.05, 0.1) is 18.2 Å². The Labute approximate surface area is 105 Å². The van der Waals surface area contributed by atoms with Crippen molar-refractivity contribution in [1.82, 2.24) is 4.98 Å². The van der Waals surface area contributed by atoms with Gasteiger partial charge in [0.25, 0.3) is 0 Å². The van der Waals surface area contributed by atoms with Crippen LogP contribution in [-0.4, -0.2) is 23.2 Å². The maximum absolute atomic E-state index is 11.3. The molecule has 0 saturated heterocycles. The molecule has 0 aliphatic carbocycles. The molecule has 4 nitrogen and oxygen atoms in total. The fraction of sp³-hybridized carbons (Fsp3) is 0.286. The lowest BCUT2D eigenvalue weighted by molar-refractivity contribution is 0.0699. The zero-order chi connectivity index (χ0) is 13.3. The summed E-state index contributed by atoms with van der Waals surface area (Å²) in [5.41, 5.74) is 1.73. The highest BCUT2D eigenvalue weighted by atomic mass is 16.5. The van der Waals surface area contributed by atoms with Crippen LogP contribution in [0.25, 0.3) is 10.9 Å². The Bertz CT molecular complexity index is 605. The minimum atomic E-state index is -0.947. The molecular formula is C14H15NO3. The number of aromatic nitrogens is 1. The standard InChI is InChI=1S/C14H15NO3/c1-8(2)13-7-11(14(16)17)10-6-9(18-3)4-5-12(10)15-13/h4-8H,1-3H3,(H,16,17). The Morgan fingerprint density at radius 1 is 1.33 bits per heavy atom. The van der Waals surface area contributed by atoms with Gasteiger partial charge in [-0.1, -0.05) is 13.8 Å². The van der Waals surface area contributed by atoms with E-state index in [1.54, 1.807) is 31.4 Å². The second-order valence-electron chi connectivity index (χ2n) is 4.44. The summed E-state index contributed by atoms with van der Waals surface area (Å²) in [6.45, 7) is 3.98. The van der Waals surface area contributed by atoms with Crippen LogP contribution in [0.5, 0.6) is 5.75 Å². The molecule has 0 amide bonds. The van der Waals surface area contributed by atoms with Gasteiger partial charge in [0.1, 0.15) is 5.75 Å². The predicted octanol–water partition coefficient (Wildman–Crippen LogP) is 3.07. The van der Waals surface area contributed by atoms with E-state index in [0.29, 0.717) is 16.7 Å². The number of carboxylic acid groups (broad SMARTS) is 1. The zero-order valence-electron chi connectivity index (χ0n) is 10.6. The molecule has 0 saturated carbocycles. The van der Waals surface area contributed by atoms with Crippen molar-refractivity contribution in [3.05, 3.63) is 35.5 Å². The summed E-state index contributed by atoms with van der Waals surface area (Å²) in [7, 11) is 1.55. The van der Waals surface area contributed by atoms with Crippen LogP contribution in [0.1, 0.15) is 35.8 Å². The van der Waals surface area contributed by atoms with Gasteiger partial charge in [-0.25, -0.2) is 4.79 Å². The first-order valence-corrected chi connectivity index (χ1v) is 5.75. The summed E-state index contributed by atoms with van der Waals surface area (Å²) in [4.78, 5) is 15.8. The lowest BCUT2D eigenvalue weighted by atomic mass is 10.0. The minimum Gasteiger partial charge on any atom is -0.497 e. The molecular weight excluding hydrogens is 230 g/mol. The molecule has 2 rings (SSSR count). The molecule has 0 aliphatic rings. The van der Waals surface area contributed by atoms with Crippen LogP contribution in [0.15, 0.2) is 24.3 Å². The number of ether oxygens (including phenoxy) is 1. The van der Waals surface area contributed by atoms with Gasteiger partial charge in [0.15, 0.2) is 0 Å². The van der Waals surface area contributed by atoms with Gasteiger partial charge >= 0.3 is 5.97 Å². The van der Waals surface area contributed by atoms with Crippen LogP contribution >= 0.6 is 0 Å².